The summed E-state index contributed by atoms with van der Waals surface area (Å²) in [6.45, 7) is 0.613. The van der Waals surface area contributed by atoms with Gasteiger partial charge in [-0.1, -0.05) is 30.3 Å². The highest BCUT2D eigenvalue weighted by Crippen LogP contribution is 2.32. The number of hydrogen-bond acceptors (Lipinski definition) is 2. The fourth-order valence-corrected chi connectivity index (χ4v) is 2.72. The molecule has 4 nitrogen and oxygen atoms in total. The van der Waals surface area contributed by atoms with Gasteiger partial charge in [-0.2, -0.15) is 13.2 Å². The summed E-state index contributed by atoms with van der Waals surface area (Å²) in [5.74, 6) is -0.221. The molecule has 2 amide bonds. The molecule has 0 saturated heterocycles. The minimum absolute atomic E-state index is 0.00871. The number of carbonyl (C=O) groups is 2. The maximum absolute atomic E-state index is 12.7. The molecule has 1 aliphatic rings. The highest BCUT2D eigenvalue weighted by Gasteiger charge is 2.30. The van der Waals surface area contributed by atoms with Crippen LogP contribution in [0.5, 0.6) is 0 Å². The summed E-state index contributed by atoms with van der Waals surface area (Å²) in [5.41, 5.74) is 0.701. The average molecular weight is 376 g/mol. The Kier molecular flexibility index (Phi) is 5.48. The standard InChI is InChI=1S/C20H19F3N2O2/c21-20(22,23)15-9-7-13(8-10-15)16-3-1-2-4-17(16)19(27)25-12-11-24-18(26)14-5-6-14/h1-4,7-10,14H,5-6,11-12H2,(H,24,26)(H,25,27). The largest absolute Gasteiger partial charge is 0.416 e. The van der Waals surface area contributed by atoms with Crippen molar-refractivity contribution in [1.82, 2.24) is 10.6 Å². The maximum atomic E-state index is 12.7. The van der Waals surface area contributed by atoms with Crippen LogP contribution >= 0.6 is 0 Å². The average Bonchev–Trinajstić information content (AvgIpc) is 3.49. The number of nitrogens with one attached hydrogen (secondary N) is 2. The van der Waals surface area contributed by atoms with Crippen molar-refractivity contribution in [1.29, 1.82) is 0 Å². The van der Waals surface area contributed by atoms with Gasteiger partial charge >= 0.3 is 6.18 Å². The summed E-state index contributed by atoms with van der Waals surface area (Å²) in [7, 11) is 0. The van der Waals surface area contributed by atoms with Crippen LogP contribution in [0.3, 0.4) is 0 Å². The molecule has 2 aromatic rings. The van der Waals surface area contributed by atoms with Crippen LogP contribution in [-0.4, -0.2) is 24.9 Å². The van der Waals surface area contributed by atoms with Crippen molar-refractivity contribution in [2.45, 2.75) is 19.0 Å². The molecule has 0 atom stereocenters. The summed E-state index contributed by atoms with van der Waals surface area (Å²) in [6, 6.07) is 11.4. The van der Waals surface area contributed by atoms with E-state index >= 15 is 0 Å². The number of benzene rings is 2. The van der Waals surface area contributed by atoms with Gasteiger partial charge in [-0.05, 0) is 42.2 Å². The molecule has 142 valence electrons. The number of amides is 2. The lowest BCUT2D eigenvalue weighted by Gasteiger charge is -2.12. The summed E-state index contributed by atoms with van der Waals surface area (Å²) in [4.78, 5) is 24.0. The van der Waals surface area contributed by atoms with Crippen molar-refractivity contribution in [3.8, 4) is 11.1 Å². The fourth-order valence-electron chi connectivity index (χ4n) is 2.72. The van der Waals surface area contributed by atoms with Gasteiger partial charge < -0.3 is 10.6 Å². The van der Waals surface area contributed by atoms with Gasteiger partial charge in [0.1, 0.15) is 0 Å². The smallest absolute Gasteiger partial charge is 0.354 e. The second kappa shape index (κ2) is 7.82. The van der Waals surface area contributed by atoms with E-state index < -0.39 is 11.7 Å². The molecular weight excluding hydrogens is 357 g/mol. The first-order valence-electron chi connectivity index (χ1n) is 8.69. The normalized spacial score (nSPS) is 13.9. The quantitative estimate of drug-likeness (QED) is 0.757. The molecule has 1 fully saturated rings. The third kappa shape index (κ3) is 4.87. The van der Waals surface area contributed by atoms with Gasteiger partial charge in [0, 0.05) is 24.6 Å². The van der Waals surface area contributed by atoms with Crippen molar-refractivity contribution in [2.75, 3.05) is 13.1 Å². The number of carbonyl (C=O) groups excluding carboxylic acids is 2. The molecule has 0 aliphatic heterocycles. The van der Waals surface area contributed by atoms with E-state index in [9.17, 15) is 22.8 Å². The molecule has 3 rings (SSSR count). The number of alkyl halides is 3. The first-order valence-corrected chi connectivity index (χ1v) is 8.69. The monoisotopic (exact) mass is 376 g/mol. The van der Waals surface area contributed by atoms with Crippen LogP contribution in [0.15, 0.2) is 48.5 Å². The SMILES string of the molecule is O=C(NCCNC(=O)C1CC1)c1ccccc1-c1ccc(C(F)(F)F)cc1. The van der Waals surface area contributed by atoms with Crippen LogP contribution in [0.2, 0.25) is 0 Å². The molecule has 1 aliphatic carbocycles. The van der Waals surface area contributed by atoms with Gasteiger partial charge in [-0.25, -0.2) is 0 Å². The molecule has 1 saturated carbocycles. The van der Waals surface area contributed by atoms with Crippen LogP contribution < -0.4 is 10.6 Å². The summed E-state index contributed by atoms with van der Waals surface area (Å²) >= 11 is 0. The van der Waals surface area contributed by atoms with Crippen molar-refractivity contribution in [2.24, 2.45) is 5.92 Å². The van der Waals surface area contributed by atoms with E-state index in [1.165, 1.54) is 12.1 Å². The molecule has 27 heavy (non-hydrogen) atoms. The van der Waals surface area contributed by atoms with Gasteiger partial charge in [-0.3, -0.25) is 9.59 Å². The summed E-state index contributed by atoms with van der Waals surface area (Å²) in [6.07, 6.45) is -2.57. The Morgan fingerprint density at radius 1 is 0.926 bits per heavy atom. The van der Waals surface area contributed by atoms with Crippen molar-refractivity contribution < 1.29 is 22.8 Å². The predicted molar refractivity (Wildman–Crippen MR) is 94.9 cm³/mol. The van der Waals surface area contributed by atoms with E-state index in [1.807, 2.05) is 0 Å². The molecule has 0 spiro atoms. The molecule has 2 aromatic carbocycles. The molecule has 0 radical (unpaired) electrons. The van der Waals surface area contributed by atoms with Gasteiger partial charge in [0.2, 0.25) is 5.91 Å². The molecule has 0 heterocycles. The van der Waals surface area contributed by atoms with Gasteiger partial charge in [0.25, 0.3) is 5.91 Å². The second-order valence-electron chi connectivity index (χ2n) is 6.44. The molecule has 2 N–H and O–H groups in total. The molecular formula is C20H19F3N2O2. The molecule has 0 bridgehead atoms. The number of rotatable bonds is 6. The highest BCUT2D eigenvalue weighted by molar-refractivity contribution is 6.00. The second-order valence-corrected chi connectivity index (χ2v) is 6.44. The predicted octanol–water partition coefficient (Wildman–Crippen LogP) is 3.63. The van der Waals surface area contributed by atoms with E-state index in [2.05, 4.69) is 10.6 Å². The van der Waals surface area contributed by atoms with Crippen molar-refractivity contribution in [3.63, 3.8) is 0 Å². The Labute approximate surface area is 154 Å². The third-order valence-electron chi connectivity index (χ3n) is 4.35. The lowest BCUT2D eigenvalue weighted by atomic mass is 9.98. The van der Waals surface area contributed by atoms with Crippen LogP contribution in [0.4, 0.5) is 13.2 Å². The van der Waals surface area contributed by atoms with Crippen LogP contribution in [0.1, 0.15) is 28.8 Å². The van der Waals surface area contributed by atoms with Gasteiger partial charge in [0.15, 0.2) is 0 Å². The molecule has 0 unspecified atom stereocenters. The van der Waals surface area contributed by atoms with Gasteiger partial charge in [0.05, 0.1) is 5.56 Å². The number of hydrogen-bond donors (Lipinski definition) is 2. The Balaban J connectivity index is 1.65. The van der Waals surface area contributed by atoms with Crippen molar-refractivity contribution in [3.05, 3.63) is 59.7 Å². The molecule has 7 heteroatoms. The van der Waals surface area contributed by atoms with Gasteiger partial charge in [-0.15, -0.1) is 0 Å². The Hall–Kier alpha value is -2.83. The highest BCUT2D eigenvalue weighted by atomic mass is 19.4. The number of halogens is 3. The third-order valence-corrected chi connectivity index (χ3v) is 4.35. The zero-order chi connectivity index (χ0) is 19.4. The Bertz CT molecular complexity index is 828. The zero-order valence-corrected chi connectivity index (χ0v) is 14.5. The van der Waals surface area contributed by atoms with Crippen LogP contribution in [-0.2, 0) is 11.0 Å². The van der Waals surface area contributed by atoms with E-state index in [4.69, 9.17) is 0 Å². The lowest BCUT2D eigenvalue weighted by Crippen LogP contribution is -2.35. The Morgan fingerprint density at radius 3 is 2.19 bits per heavy atom. The minimum Gasteiger partial charge on any atom is -0.354 e. The summed E-state index contributed by atoms with van der Waals surface area (Å²) in [5, 5.41) is 5.48. The molecule has 0 aromatic heterocycles. The van der Waals surface area contributed by atoms with E-state index in [-0.39, 0.29) is 24.3 Å². The van der Waals surface area contributed by atoms with Crippen LogP contribution in [0, 0.1) is 5.92 Å². The fraction of sp³-hybridized carbons (Fsp3) is 0.300. The first kappa shape index (κ1) is 18.9. The summed E-state index contributed by atoms with van der Waals surface area (Å²) < 4.78 is 38.2. The van der Waals surface area contributed by atoms with Crippen molar-refractivity contribution >= 4 is 11.8 Å². The van der Waals surface area contributed by atoms with Crippen LogP contribution in [0.25, 0.3) is 11.1 Å². The van der Waals surface area contributed by atoms with E-state index in [0.717, 1.165) is 25.0 Å². The van der Waals surface area contributed by atoms with E-state index in [0.29, 0.717) is 23.2 Å². The topological polar surface area (TPSA) is 58.2 Å². The maximum Gasteiger partial charge on any atom is 0.416 e. The minimum atomic E-state index is -4.40. The first-order chi connectivity index (χ1) is 12.9. The lowest BCUT2D eigenvalue weighted by molar-refractivity contribution is -0.137. The van der Waals surface area contributed by atoms with E-state index in [1.54, 1.807) is 24.3 Å². The Morgan fingerprint density at radius 2 is 1.56 bits per heavy atom. The zero-order valence-electron chi connectivity index (χ0n) is 14.5.